The molecule has 14 heavy (non-hydrogen) atoms. The van der Waals surface area contributed by atoms with Crippen molar-refractivity contribution in [1.82, 2.24) is 0 Å². The summed E-state index contributed by atoms with van der Waals surface area (Å²) in [4.78, 5) is 9.88. The molecule has 0 atom stereocenters. The normalized spacial score (nSPS) is 20.0. The van der Waals surface area contributed by atoms with Gasteiger partial charge in [-0.1, -0.05) is 0 Å². The van der Waals surface area contributed by atoms with Gasteiger partial charge in [0.1, 0.15) is 0 Å². The predicted octanol–water partition coefficient (Wildman–Crippen LogP) is 0.714. The lowest BCUT2D eigenvalue weighted by molar-refractivity contribution is -0.295. The van der Waals surface area contributed by atoms with Gasteiger partial charge in [-0.15, -0.1) is 0 Å². The Morgan fingerprint density at radius 1 is 1.21 bits per heavy atom. The first-order valence-corrected chi connectivity index (χ1v) is 3.52. The molecule has 0 aromatic rings. The highest BCUT2D eigenvalue weighted by molar-refractivity contribution is 5.76. The second-order valence-electron chi connectivity index (χ2n) is 2.58. The van der Waals surface area contributed by atoms with Crippen molar-refractivity contribution in [2.75, 3.05) is 13.2 Å². The van der Waals surface area contributed by atoms with Gasteiger partial charge in [-0.05, 0) is 0 Å². The quantitative estimate of drug-likeness (QED) is 0.709. The Bertz CT molecular complexity index is 236. The third-order valence-electron chi connectivity index (χ3n) is 1.61. The molecule has 8 heteroatoms. The minimum atomic E-state index is -5.21. The van der Waals surface area contributed by atoms with Crippen molar-refractivity contribution in [2.24, 2.45) is 0 Å². The Morgan fingerprint density at radius 2 is 1.64 bits per heavy atom. The summed E-state index contributed by atoms with van der Waals surface area (Å²) in [6, 6.07) is 0. The van der Waals surface area contributed by atoms with Gasteiger partial charge in [0.2, 0.25) is 6.29 Å². The number of aliphatic carboxylic acids is 1. The molecule has 1 aliphatic rings. The number of hydrogen-bond donors (Lipinski definition) is 1. The maximum atomic E-state index is 12.8. The SMILES string of the molecule is O=C(O)C(F)(F)C(F)(F)C1OCCO1. The Balaban J connectivity index is 2.86. The number of hydrogen-bond acceptors (Lipinski definition) is 3. The molecular weight excluding hydrogens is 212 g/mol. The topological polar surface area (TPSA) is 55.8 Å². The summed E-state index contributed by atoms with van der Waals surface area (Å²) < 4.78 is 58.8. The molecule has 0 radical (unpaired) electrons. The maximum absolute atomic E-state index is 12.8. The number of carboxylic acid groups (broad SMARTS) is 1. The third kappa shape index (κ3) is 1.55. The van der Waals surface area contributed by atoms with Crippen molar-refractivity contribution in [1.29, 1.82) is 0 Å². The molecule has 82 valence electrons. The highest BCUT2D eigenvalue weighted by atomic mass is 19.3. The van der Waals surface area contributed by atoms with Gasteiger partial charge < -0.3 is 14.6 Å². The zero-order valence-corrected chi connectivity index (χ0v) is 6.68. The van der Waals surface area contributed by atoms with E-state index in [1.165, 1.54) is 0 Å². The van der Waals surface area contributed by atoms with Crippen LogP contribution in [0.2, 0.25) is 0 Å². The smallest absolute Gasteiger partial charge is 0.409 e. The van der Waals surface area contributed by atoms with E-state index in [2.05, 4.69) is 9.47 Å². The van der Waals surface area contributed by atoms with Crippen molar-refractivity contribution in [3.8, 4) is 0 Å². The molecule has 0 aromatic heterocycles. The van der Waals surface area contributed by atoms with E-state index in [1.807, 2.05) is 0 Å². The molecule has 0 unspecified atom stereocenters. The van der Waals surface area contributed by atoms with Crippen LogP contribution in [0.25, 0.3) is 0 Å². The fourth-order valence-electron chi connectivity index (χ4n) is 0.858. The van der Waals surface area contributed by atoms with Crippen LogP contribution in [0.3, 0.4) is 0 Å². The molecule has 0 aliphatic carbocycles. The van der Waals surface area contributed by atoms with Crippen molar-refractivity contribution < 1.29 is 36.9 Å². The molecule has 1 rings (SSSR count). The van der Waals surface area contributed by atoms with Crippen molar-refractivity contribution in [2.45, 2.75) is 18.1 Å². The van der Waals surface area contributed by atoms with E-state index in [4.69, 9.17) is 5.11 Å². The lowest BCUT2D eigenvalue weighted by Gasteiger charge is -2.26. The van der Waals surface area contributed by atoms with E-state index < -0.39 is 24.1 Å². The van der Waals surface area contributed by atoms with E-state index >= 15 is 0 Å². The molecule has 0 saturated carbocycles. The summed E-state index contributed by atoms with van der Waals surface area (Å²) in [5.41, 5.74) is 0. The summed E-state index contributed by atoms with van der Waals surface area (Å²) in [5.74, 6) is -13.0. The number of carbonyl (C=O) groups is 1. The van der Waals surface area contributed by atoms with E-state index in [0.29, 0.717) is 0 Å². The largest absolute Gasteiger partial charge is 0.477 e. The molecule has 1 fully saturated rings. The van der Waals surface area contributed by atoms with Gasteiger partial charge in [0, 0.05) is 0 Å². The molecule has 1 heterocycles. The maximum Gasteiger partial charge on any atom is 0.409 e. The van der Waals surface area contributed by atoms with Crippen LogP contribution in [-0.2, 0) is 14.3 Å². The average Bonchev–Trinajstić information content (AvgIpc) is 2.55. The van der Waals surface area contributed by atoms with Crippen LogP contribution in [0.1, 0.15) is 0 Å². The van der Waals surface area contributed by atoms with Gasteiger partial charge >= 0.3 is 17.8 Å². The highest BCUT2D eigenvalue weighted by Crippen LogP contribution is 2.40. The van der Waals surface area contributed by atoms with Crippen LogP contribution in [0, 0.1) is 0 Å². The lowest BCUT2D eigenvalue weighted by Crippen LogP contribution is -2.54. The van der Waals surface area contributed by atoms with Gasteiger partial charge in [-0.3, -0.25) is 0 Å². The second-order valence-corrected chi connectivity index (χ2v) is 2.58. The lowest BCUT2D eigenvalue weighted by atomic mass is 10.1. The molecule has 1 saturated heterocycles. The first-order valence-electron chi connectivity index (χ1n) is 3.52. The van der Waals surface area contributed by atoms with E-state index in [1.54, 1.807) is 0 Å². The molecule has 0 amide bonds. The Morgan fingerprint density at radius 3 is 2.00 bits per heavy atom. The van der Waals surface area contributed by atoms with E-state index in [0.717, 1.165) is 0 Å². The van der Waals surface area contributed by atoms with E-state index in [9.17, 15) is 22.4 Å². The zero-order chi connectivity index (χ0) is 11.0. The summed E-state index contributed by atoms with van der Waals surface area (Å²) in [7, 11) is 0. The minimum Gasteiger partial charge on any atom is -0.477 e. The number of halogens is 4. The van der Waals surface area contributed by atoms with Crippen molar-refractivity contribution in [3.05, 3.63) is 0 Å². The second kappa shape index (κ2) is 3.35. The van der Waals surface area contributed by atoms with Gasteiger partial charge in [0.25, 0.3) is 0 Å². The number of alkyl halides is 4. The monoisotopic (exact) mass is 218 g/mol. The summed E-state index contributed by atoms with van der Waals surface area (Å²) in [6.45, 7) is -0.536. The molecule has 0 spiro atoms. The van der Waals surface area contributed by atoms with Gasteiger partial charge in [-0.25, -0.2) is 4.79 Å². The molecule has 0 bridgehead atoms. The Kier molecular flexibility index (Phi) is 2.68. The zero-order valence-electron chi connectivity index (χ0n) is 6.68. The predicted molar refractivity (Wildman–Crippen MR) is 33.2 cm³/mol. The molecule has 1 N–H and O–H groups in total. The van der Waals surface area contributed by atoms with E-state index in [-0.39, 0.29) is 13.2 Å². The van der Waals surface area contributed by atoms with Crippen LogP contribution >= 0.6 is 0 Å². The van der Waals surface area contributed by atoms with Crippen LogP contribution in [0.15, 0.2) is 0 Å². The fraction of sp³-hybridized carbons (Fsp3) is 0.833. The number of ether oxygens (including phenoxy) is 2. The number of carboxylic acids is 1. The van der Waals surface area contributed by atoms with Crippen molar-refractivity contribution in [3.63, 3.8) is 0 Å². The molecular formula is C6H6F4O4. The van der Waals surface area contributed by atoms with Crippen molar-refractivity contribution >= 4 is 5.97 Å². The van der Waals surface area contributed by atoms with Crippen LogP contribution in [0.4, 0.5) is 17.6 Å². The molecule has 4 nitrogen and oxygen atoms in total. The minimum absolute atomic E-state index is 0.268. The van der Waals surface area contributed by atoms with Gasteiger partial charge in [0.05, 0.1) is 13.2 Å². The summed E-state index contributed by atoms with van der Waals surface area (Å²) in [6.07, 6.45) is -2.51. The fourth-order valence-corrected chi connectivity index (χ4v) is 0.858. The highest BCUT2D eigenvalue weighted by Gasteiger charge is 2.68. The Labute approximate surface area is 75.4 Å². The van der Waals surface area contributed by atoms with Gasteiger partial charge in [-0.2, -0.15) is 17.6 Å². The first kappa shape index (κ1) is 11.2. The van der Waals surface area contributed by atoms with Crippen LogP contribution < -0.4 is 0 Å². The summed E-state index contributed by atoms with van der Waals surface area (Å²) in [5, 5.41) is 7.90. The molecule has 1 aliphatic heterocycles. The molecule has 0 aromatic carbocycles. The van der Waals surface area contributed by atoms with Gasteiger partial charge in [0.15, 0.2) is 0 Å². The van der Waals surface area contributed by atoms with Crippen LogP contribution in [-0.4, -0.2) is 42.4 Å². The number of rotatable bonds is 3. The first-order chi connectivity index (χ1) is 6.30. The standard InChI is InChI=1S/C6H6F4O4/c7-5(8,3(11)12)6(9,10)4-13-1-2-14-4/h4H,1-2H2,(H,11,12). The summed E-state index contributed by atoms with van der Waals surface area (Å²) >= 11 is 0. The Hall–Kier alpha value is -0.890. The average molecular weight is 218 g/mol. The third-order valence-corrected chi connectivity index (χ3v) is 1.61. The van der Waals surface area contributed by atoms with Crippen LogP contribution in [0.5, 0.6) is 0 Å².